The number of aliphatic hydroxyl groups excluding tert-OH is 1. The lowest BCUT2D eigenvalue weighted by Crippen LogP contribution is -2.02. The Balaban J connectivity index is 3.39. The summed E-state index contributed by atoms with van der Waals surface area (Å²) in [7, 11) is 0. The third-order valence-electron chi connectivity index (χ3n) is 1.43. The zero-order valence-electron chi connectivity index (χ0n) is 7.98. The van der Waals surface area contributed by atoms with Gasteiger partial charge < -0.3 is 5.11 Å². The Morgan fingerprint density at radius 2 is 1.93 bits per heavy atom. The fourth-order valence-electron chi connectivity index (χ4n) is 0.758. The predicted octanol–water partition coefficient (Wildman–Crippen LogP) is 1.51. The third kappa shape index (κ3) is 9.32. The van der Waals surface area contributed by atoms with Crippen LogP contribution >= 0.6 is 15.9 Å². The Kier molecular flexibility index (Phi) is 9.74. The van der Waals surface area contributed by atoms with Crippen LogP contribution in [0.4, 0.5) is 0 Å². The molecule has 0 aromatic heterocycles. The van der Waals surface area contributed by atoms with Gasteiger partial charge in [0, 0.05) is 12.8 Å². The molecule has 14 heavy (non-hydrogen) atoms. The number of halogens is 1. The Morgan fingerprint density at radius 3 is 2.57 bits per heavy atom. The van der Waals surface area contributed by atoms with E-state index in [0.29, 0.717) is 24.6 Å². The van der Waals surface area contributed by atoms with E-state index < -0.39 is 0 Å². The molecule has 0 atom stereocenters. The summed E-state index contributed by atoms with van der Waals surface area (Å²) in [6.45, 7) is -0.357. The van der Waals surface area contributed by atoms with Crippen molar-refractivity contribution in [2.24, 2.45) is 0 Å². The Morgan fingerprint density at radius 1 is 1.21 bits per heavy atom. The summed E-state index contributed by atoms with van der Waals surface area (Å²) < 4.78 is 0. The SMILES string of the molecule is O=C(CO)CCCC#CCC#CCBr. The lowest BCUT2D eigenvalue weighted by molar-refractivity contribution is -0.121. The monoisotopic (exact) mass is 256 g/mol. The largest absolute Gasteiger partial charge is 0.389 e. The number of rotatable bonds is 4. The van der Waals surface area contributed by atoms with E-state index in [0.717, 1.165) is 6.42 Å². The number of carbonyl (C=O) groups is 1. The first kappa shape index (κ1) is 13.2. The molecule has 0 aromatic carbocycles. The summed E-state index contributed by atoms with van der Waals surface area (Å²) in [6, 6.07) is 0. The zero-order chi connectivity index (χ0) is 10.6. The van der Waals surface area contributed by atoms with Crippen molar-refractivity contribution in [3.05, 3.63) is 0 Å². The topological polar surface area (TPSA) is 37.3 Å². The molecule has 1 N–H and O–H groups in total. The van der Waals surface area contributed by atoms with Gasteiger partial charge in [-0.05, 0) is 6.42 Å². The lowest BCUT2D eigenvalue weighted by atomic mass is 10.2. The van der Waals surface area contributed by atoms with Crippen LogP contribution in [0.1, 0.15) is 25.7 Å². The minimum absolute atomic E-state index is 0.120. The van der Waals surface area contributed by atoms with E-state index in [-0.39, 0.29) is 12.4 Å². The fraction of sp³-hybridized carbons (Fsp3) is 0.545. The number of hydrogen-bond donors (Lipinski definition) is 1. The van der Waals surface area contributed by atoms with Crippen molar-refractivity contribution in [3.8, 4) is 23.7 Å². The van der Waals surface area contributed by atoms with Crippen LogP contribution < -0.4 is 0 Å². The summed E-state index contributed by atoms with van der Waals surface area (Å²) in [5, 5.41) is 9.11. The first-order valence-corrected chi connectivity index (χ1v) is 5.53. The molecule has 0 heterocycles. The van der Waals surface area contributed by atoms with Gasteiger partial charge in [-0.15, -0.1) is 5.92 Å². The molecule has 0 radical (unpaired) electrons. The smallest absolute Gasteiger partial charge is 0.158 e. The van der Waals surface area contributed by atoms with E-state index in [1.54, 1.807) is 0 Å². The quantitative estimate of drug-likeness (QED) is 0.471. The average Bonchev–Trinajstić information content (AvgIpc) is 2.21. The molecular formula is C11H13BrO2. The fourth-order valence-corrected chi connectivity index (χ4v) is 0.956. The van der Waals surface area contributed by atoms with Crippen molar-refractivity contribution < 1.29 is 9.90 Å². The Bertz CT molecular complexity index is 275. The molecule has 0 aromatic rings. The highest BCUT2D eigenvalue weighted by atomic mass is 79.9. The highest BCUT2D eigenvalue weighted by Gasteiger charge is 1.96. The summed E-state index contributed by atoms with van der Waals surface area (Å²) in [6.07, 6.45) is 2.41. The summed E-state index contributed by atoms with van der Waals surface area (Å²) >= 11 is 3.18. The molecule has 0 amide bonds. The van der Waals surface area contributed by atoms with Crippen LogP contribution in [0.3, 0.4) is 0 Å². The minimum atomic E-state index is -0.357. The van der Waals surface area contributed by atoms with Gasteiger partial charge in [-0.2, -0.15) is 0 Å². The van der Waals surface area contributed by atoms with Crippen molar-refractivity contribution in [1.82, 2.24) is 0 Å². The molecule has 0 aliphatic carbocycles. The molecule has 0 saturated carbocycles. The maximum absolute atomic E-state index is 10.7. The molecule has 0 fully saturated rings. The first-order valence-electron chi connectivity index (χ1n) is 4.41. The lowest BCUT2D eigenvalue weighted by Gasteiger charge is -1.91. The molecule has 2 nitrogen and oxygen atoms in total. The molecule has 3 heteroatoms. The standard InChI is InChI=1S/C11H13BrO2/c12-9-7-5-3-1-2-4-6-8-11(14)10-13/h13H,3-4,6,8-10H2. The maximum Gasteiger partial charge on any atom is 0.158 e. The van der Waals surface area contributed by atoms with Crippen LogP contribution in [0.5, 0.6) is 0 Å². The van der Waals surface area contributed by atoms with Gasteiger partial charge in [0.25, 0.3) is 0 Å². The molecule has 0 bridgehead atoms. The van der Waals surface area contributed by atoms with Gasteiger partial charge in [0.2, 0.25) is 0 Å². The highest BCUT2D eigenvalue weighted by Crippen LogP contribution is 1.94. The third-order valence-corrected chi connectivity index (χ3v) is 1.71. The normalized spacial score (nSPS) is 8.14. The van der Waals surface area contributed by atoms with Gasteiger partial charge in [0.1, 0.15) is 6.61 Å². The second-order valence-corrected chi connectivity index (χ2v) is 3.13. The molecule has 0 rings (SSSR count). The molecule has 76 valence electrons. The van der Waals surface area contributed by atoms with Gasteiger partial charge in [-0.1, -0.05) is 33.7 Å². The van der Waals surface area contributed by atoms with Crippen LogP contribution in [0, 0.1) is 23.7 Å². The minimum Gasteiger partial charge on any atom is -0.389 e. The number of hydrogen-bond acceptors (Lipinski definition) is 2. The van der Waals surface area contributed by atoms with E-state index in [4.69, 9.17) is 5.11 Å². The molecule has 0 unspecified atom stereocenters. The van der Waals surface area contributed by atoms with Crippen molar-refractivity contribution in [2.45, 2.75) is 25.7 Å². The number of carbonyl (C=O) groups excluding carboxylic acids is 1. The zero-order valence-corrected chi connectivity index (χ0v) is 9.56. The highest BCUT2D eigenvalue weighted by molar-refractivity contribution is 9.09. The van der Waals surface area contributed by atoms with E-state index in [2.05, 4.69) is 39.6 Å². The number of Topliss-reactive ketones (excluding diaryl/α,β-unsaturated/α-hetero) is 1. The van der Waals surface area contributed by atoms with Crippen LogP contribution in [-0.4, -0.2) is 22.8 Å². The van der Waals surface area contributed by atoms with Crippen LogP contribution in [0.25, 0.3) is 0 Å². The van der Waals surface area contributed by atoms with Crippen molar-refractivity contribution in [1.29, 1.82) is 0 Å². The van der Waals surface area contributed by atoms with Crippen molar-refractivity contribution >= 4 is 21.7 Å². The number of alkyl halides is 1. The number of aliphatic hydroxyl groups is 1. The van der Waals surface area contributed by atoms with E-state index in [1.165, 1.54) is 0 Å². The van der Waals surface area contributed by atoms with Crippen molar-refractivity contribution in [3.63, 3.8) is 0 Å². The molecule has 0 aliphatic heterocycles. The second kappa shape index (κ2) is 10.3. The summed E-state index contributed by atoms with van der Waals surface area (Å²) in [4.78, 5) is 10.7. The first-order chi connectivity index (χ1) is 6.81. The predicted molar refractivity (Wildman–Crippen MR) is 59.9 cm³/mol. The number of unbranched alkanes of at least 4 members (excludes halogenated alkanes) is 1. The summed E-state index contributed by atoms with van der Waals surface area (Å²) in [5.74, 6) is 11.4. The van der Waals surface area contributed by atoms with Gasteiger partial charge in [0.05, 0.1) is 11.8 Å². The molecular weight excluding hydrogens is 244 g/mol. The maximum atomic E-state index is 10.7. The van der Waals surface area contributed by atoms with Gasteiger partial charge in [-0.3, -0.25) is 4.79 Å². The van der Waals surface area contributed by atoms with Crippen LogP contribution in [0.2, 0.25) is 0 Å². The Labute approximate surface area is 93.2 Å². The Hall–Kier alpha value is -0.770. The number of ketones is 1. The van der Waals surface area contributed by atoms with E-state index >= 15 is 0 Å². The summed E-state index contributed by atoms with van der Waals surface area (Å²) in [5.41, 5.74) is 0. The van der Waals surface area contributed by atoms with Gasteiger partial charge in [-0.25, -0.2) is 0 Å². The van der Waals surface area contributed by atoms with Crippen molar-refractivity contribution in [2.75, 3.05) is 11.9 Å². The van der Waals surface area contributed by atoms with E-state index in [1.807, 2.05) is 0 Å². The molecule has 0 aliphatic rings. The van der Waals surface area contributed by atoms with Crippen LogP contribution in [-0.2, 0) is 4.79 Å². The van der Waals surface area contributed by atoms with E-state index in [9.17, 15) is 4.79 Å². The average molecular weight is 257 g/mol. The molecule has 0 saturated heterocycles. The van der Waals surface area contributed by atoms with Gasteiger partial charge in [0.15, 0.2) is 5.78 Å². The second-order valence-electron chi connectivity index (χ2n) is 2.57. The van der Waals surface area contributed by atoms with Gasteiger partial charge >= 0.3 is 0 Å². The van der Waals surface area contributed by atoms with Crippen LogP contribution in [0.15, 0.2) is 0 Å². The molecule has 0 spiro atoms.